The minimum atomic E-state index is -0.343. The van der Waals surface area contributed by atoms with Gasteiger partial charge in [0.25, 0.3) is 0 Å². The summed E-state index contributed by atoms with van der Waals surface area (Å²) in [6.45, 7) is 4.52. The fourth-order valence-corrected chi connectivity index (χ4v) is 2.51. The van der Waals surface area contributed by atoms with Gasteiger partial charge in [0.05, 0.1) is 13.7 Å². The highest BCUT2D eigenvalue weighted by Crippen LogP contribution is 2.28. The molecule has 0 bridgehead atoms. The molecule has 1 aliphatic carbocycles. The molecule has 2 atom stereocenters. The van der Waals surface area contributed by atoms with Crippen molar-refractivity contribution in [2.24, 2.45) is 11.8 Å². The van der Waals surface area contributed by atoms with Crippen LogP contribution in [0.1, 0.15) is 25.3 Å². The number of esters is 1. The van der Waals surface area contributed by atoms with Gasteiger partial charge in [-0.1, -0.05) is 25.1 Å². The molecule has 0 saturated heterocycles. The monoisotopic (exact) mass is 304 g/mol. The van der Waals surface area contributed by atoms with E-state index in [1.165, 1.54) is 0 Å². The van der Waals surface area contributed by atoms with Crippen molar-refractivity contribution in [1.82, 2.24) is 0 Å². The zero-order chi connectivity index (χ0) is 15.9. The molecule has 0 N–H and O–H groups in total. The zero-order valence-corrected chi connectivity index (χ0v) is 13.5. The number of benzene rings is 1. The van der Waals surface area contributed by atoms with Crippen molar-refractivity contribution in [3.63, 3.8) is 0 Å². The van der Waals surface area contributed by atoms with Crippen LogP contribution in [0.25, 0.3) is 0 Å². The SMILES string of the molecule is COc1cc(C)ccc1OCC(=O)OCC1CC=CCC1C. The summed E-state index contributed by atoms with van der Waals surface area (Å²) in [5, 5.41) is 0. The Labute approximate surface area is 132 Å². The Morgan fingerprint density at radius 1 is 1.23 bits per heavy atom. The van der Waals surface area contributed by atoms with Crippen LogP contribution in [0.15, 0.2) is 30.4 Å². The Balaban J connectivity index is 1.79. The second kappa shape index (κ2) is 7.87. The number of aryl methyl sites for hydroxylation is 1. The molecule has 22 heavy (non-hydrogen) atoms. The number of allylic oxidation sites excluding steroid dienone is 2. The summed E-state index contributed by atoms with van der Waals surface area (Å²) < 4.78 is 16.1. The minimum absolute atomic E-state index is 0.101. The number of rotatable bonds is 6. The van der Waals surface area contributed by atoms with Crippen molar-refractivity contribution in [3.8, 4) is 11.5 Å². The molecule has 1 aromatic carbocycles. The van der Waals surface area contributed by atoms with Gasteiger partial charge in [-0.25, -0.2) is 4.79 Å². The normalized spacial score (nSPS) is 20.5. The topological polar surface area (TPSA) is 44.8 Å². The van der Waals surface area contributed by atoms with Gasteiger partial charge in [0.2, 0.25) is 0 Å². The Bertz CT molecular complexity index is 536. The summed E-state index contributed by atoms with van der Waals surface area (Å²) in [6, 6.07) is 5.59. The maximum Gasteiger partial charge on any atom is 0.344 e. The zero-order valence-electron chi connectivity index (χ0n) is 13.5. The molecule has 120 valence electrons. The highest BCUT2D eigenvalue weighted by Gasteiger charge is 2.20. The average Bonchev–Trinajstić information content (AvgIpc) is 2.52. The largest absolute Gasteiger partial charge is 0.493 e. The summed E-state index contributed by atoms with van der Waals surface area (Å²) in [5.41, 5.74) is 1.08. The smallest absolute Gasteiger partial charge is 0.344 e. The maximum absolute atomic E-state index is 11.8. The number of hydrogen-bond donors (Lipinski definition) is 0. The molecule has 0 spiro atoms. The summed E-state index contributed by atoms with van der Waals surface area (Å²) in [4.78, 5) is 11.8. The van der Waals surface area contributed by atoms with Crippen molar-refractivity contribution in [2.75, 3.05) is 20.3 Å². The molecule has 2 unspecified atom stereocenters. The summed E-state index contributed by atoms with van der Waals surface area (Å²) >= 11 is 0. The van der Waals surface area contributed by atoms with Gasteiger partial charge < -0.3 is 14.2 Å². The predicted molar refractivity (Wildman–Crippen MR) is 85.2 cm³/mol. The van der Waals surface area contributed by atoms with E-state index in [2.05, 4.69) is 19.1 Å². The van der Waals surface area contributed by atoms with Crippen LogP contribution in [0, 0.1) is 18.8 Å². The minimum Gasteiger partial charge on any atom is -0.493 e. The lowest BCUT2D eigenvalue weighted by atomic mass is 9.85. The van der Waals surface area contributed by atoms with Gasteiger partial charge >= 0.3 is 5.97 Å². The third kappa shape index (κ3) is 4.52. The van der Waals surface area contributed by atoms with E-state index in [-0.39, 0.29) is 12.6 Å². The number of hydrogen-bond acceptors (Lipinski definition) is 4. The lowest BCUT2D eigenvalue weighted by Crippen LogP contribution is -2.24. The van der Waals surface area contributed by atoms with E-state index < -0.39 is 0 Å². The molecule has 0 fully saturated rings. The third-order valence-electron chi connectivity index (χ3n) is 4.04. The number of carbonyl (C=O) groups is 1. The molecule has 0 aromatic heterocycles. The first kappa shape index (κ1) is 16.4. The van der Waals surface area contributed by atoms with Gasteiger partial charge in [-0.05, 0) is 49.3 Å². The molecule has 4 heteroatoms. The Hall–Kier alpha value is -1.97. The highest BCUT2D eigenvalue weighted by atomic mass is 16.6. The van der Waals surface area contributed by atoms with Crippen LogP contribution in [0.3, 0.4) is 0 Å². The van der Waals surface area contributed by atoms with Crippen molar-refractivity contribution < 1.29 is 19.0 Å². The maximum atomic E-state index is 11.8. The first-order valence-electron chi connectivity index (χ1n) is 7.68. The quantitative estimate of drug-likeness (QED) is 0.596. The molecule has 2 rings (SSSR count). The van der Waals surface area contributed by atoms with Gasteiger partial charge in [0.1, 0.15) is 0 Å². The van der Waals surface area contributed by atoms with Crippen LogP contribution in [0.2, 0.25) is 0 Å². The van der Waals surface area contributed by atoms with Gasteiger partial charge in [-0.15, -0.1) is 0 Å². The Kier molecular flexibility index (Phi) is 5.87. The van der Waals surface area contributed by atoms with E-state index in [4.69, 9.17) is 14.2 Å². The van der Waals surface area contributed by atoms with Crippen LogP contribution in [-0.4, -0.2) is 26.3 Å². The molecule has 0 aliphatic heterocycles. The Morgan fingerprint density at radius 3 is 2.73 bits per heavy atom. The molecular weight excluding hydrogens is 280 g/mol. The fraction of sp³-hybridized carbons (Fsp3) is 0.500. The van der Waals surface area contributed by atoms with E-state index in [0.29, 0.717) is 29.9 Å². The van der Waals surface area contributed by atoms with Gasteiger partial charge in [0, 0.05) is 0 Å². The van der Waals surface area contributed by atoms with Crippen LogP contribution >= 0.6 is 0 Å². The molecule has 0 amide bonds. The standard InChI is InChI=1S/C18H24O4/c1-13-8-9-16(17(10-13)20-3)21-12-18(19)22-11-15-7-5-4-6-14(15)2/h4-5,8-10,14-15H,6-7,11-12H2,1-3H3. The van der Waals surface area contributed by atoms with E-state index in [1.807, 2.05) is 19.1 Å². The second-order valence-electron chi connectivity index (χ2n) is 5.81. The molecule has 0 saturated carbocycles. The van der Waals surface area contributed by atoms with Crippen molar-refractivity contribution in [1.29, 1.82) is 0 Å². The number of carbonyl (C=O) groups excluding carboxylic acids is 1. The van der Waals surface area contributed by atoms with E-state index in [0.717, 1.165) is 18.4 Å². The lowest BCUT2D eigenvalue weighted by molar-refractivity contribution is -0.147. The first-order valence-corrected chi connectivity index (χ1v) is 7.68. The molecule has 1 aliphatic rings. The van der Waals surface area contributed by atoms with Crippen molar-refractivity contribution in [2.45, 2.75) is 26.7 Å². The van der Waals surface area contributed by atoms with E-state index in [1.54, 1.807) is 13.2 Å². The molecule has 0 radical (unpaired) electrons. The average molecular weight is 304 g/mol. The number of ether oxygens (including phenoxy) is 3. The third-order valence-corrected chi connectivity index (χ3v) is 4.04. The summed E-state index contributed by atoms with van der Waals surface area (Å²) in [7, 11) is 1.58. The van der Waals surface area contributed by atoms with E-state index in [9.17, 15) is 4.79 Å². The van der Waals surface area contributed by atoms with Gasteiger partial charge in [-0.3, -0.25) is 0 Å². The first-order chi connectivity index (χ1) is 10.6. The van der Waals surface area contributed by atoms with Crippen LogP contribution in [-0.2, 0) is 9.53 Å². The fourth-order valence-electron chi connectivity index (χ4n) is 2.51. The van der Waals surface area contributed by atoms with Crippen LogP contribution < -0.4 is 9.47 Å². The molecular formula is C18H24O4. The van der Waals surface area contributed by atoms with Gasteiger partial charge in [0.15, 0.2) is 18.1 Å². The van der Waals surface area contributed by atoms with Crippen molar-refractivity contribution >= 4 is 5.97 Å². The van der Waals surface area contributed by atoms with Crippen LogP contribution in [0.5, 0.6) is 11.5 Å². The Morgan fingerprint density at radius 2 is 2.00 bits per heavy atom. The summed E-state index contributed by atoms with van der Waals surface area (Å²) in [6.07, 6.45) is 6.38. The molecule has 0 heterocycles. The highest BCUT2D eigenvalue weighted by molar-refractivity contribution is 5.71. The van der Waals surface area contributed by atoms with Gasteiger partial charge in [-0.2, -0.15) is 0 Å². The van der Waals surface area contributed by atoms with E-state index >= 15 is 0 Å². The summed E-state index contributed by atoms with van der Waals surface area (Å²) in [5.74, 6) is 1.79. The van der Waals surface area contributed by atoms with Crippen LogP contribution in [0.4, 0.5) is 0 Å². The predicted octanol–water partition coefficient (Wildman–Crippen LogP) is 3.53. The second-order valence-corrected chi connectivity index (χ2v) is 5.81. The number of methoxy groups -OCH3 is 1. The van der Waals surface area contributed by atoms with Crippen molar-refractivity contribution in [3.05, 3.63) is 35.9 Å². The molecule has 4 nitrogen and oxygen atoms in total. The lowest BCUT2D eigenvalue weighted by Gasteiger charge is -2.24. The molecule has 1 aromatic rings.